The first-order valence-corrected chi connectivity index (χ1v) is 7.85. The van der Waals surface area contributed by atoms with E-state index in [1.165, 1.54) is 5.01 Å². The molecular weight excluding hydrogens is 282 g/mol. The molecule has 8 heteroatoms. The van der Waals surface area contributed by atoms with E-state index in [9.17, 15) is 13.2 Å². The molecule has 4 N–H and O–H groups in total. The number of amides is 2. The molecule has 0 fully saturated rings. The third kappa shape index (κ3) is 11.5. The van der Waals surface area contributed by atoms with Crippen molar-refractivity contribution in [3.8, 4) is 0 Å². The van der Waals surface area contributed by atoms with E-state index in [0.717, 1.165) is 12.0 Å². The van der Waals surface area contributed by atoms with Crippen LogP contribution in [0, 0.1) is 0 Å². The summed E-state index contributed by atoms with van der Waals surface area (Å²) in [5.41, 5.74) is 1.02. The van der Waals surface area contributed by atoms with E-state index in [-0.39, 0.29) is 6.03 Å². The van der Waals surface area contributed by atoms with Crippen LogP contribution in [0.4, 0.5) is 4.79 Å². The molecule has 1 aromatic carbocycles. The number of benzene rings is 1. The van der Waals surface area contributed by atoms with Crippen molar-refractivity contribution in [3.05, 3.63) is 35.9 Å². The largest absolute Gasteiger partial charge is 0.337 e. The summed E-state index contributed by atoms with van der Waals surface area (Å²) in [7, 11) is -3.67. The van der Waals surface area contributed by atoms with Gasteiger partial charge in [-0.3, -0.25) is 9.56 Å². The highest BCUT2D eigenvalue weighted by Crippen LogP contribution is 2.00. The second-order valence-electron chi connectivity index (χ2n) is 4.08. The normalized spacial score (nSPS) is 10.2. The Morgan fingerprint density at radius 3 is 2.30 bits per heavy atom. The molecule has 0 aliphatic heterocycles. The SMILES string of the molecule is CCCNC(=O)N(N)Cc1ccccc1.CS(=O)(=O)O. The molecule has 0 heterocycles. The summed E-state index contributed by atoms with van der Waals surface area (Å²) in [6, 6.07) is 9.42. The number of nitrogens with one attached hydrogen (secondary N) is 1. The number of hydrogen-bond donors (Lipinski definition) is 3. The van der Waals surface area contributed by atoms with Gasteiger partial charge in [-0.05, 0) is 12.0 Å². The third-order valence-corrected chi connectivity index (χ3v) is 1.98. The standard InChI is InChI=1S/C11H17N3O.CH4O3S/c1-2-8-13-11(15)14(12)9-10-6-4-3-5-7-10;1-5(2,3)4/h3-7H,2,8-9,12H2,1H3,(H,13,15);1H3,(H,2,3,4). The maximum absolute atomic E-state index is 11.4. The van der Waals surface area contributed by atoms with E-state index in [2.05, 4.69) is 5.32 Å². The Labute approximate surface area is 119 Å². The van der Waals surface area contributed by atoms with Crippen molar-refractivity contribution in [3.63, 3.8) is 0 Å². The number of nitrogens with zero attached hydrogens (tertiary/aromatic N) is 1. The first kappa shape index (κ1) is 18.4. The minimum absolute atomic E-state index is 0.235. The van der Waals surface area contributed by atoms with Gasteiger partial charge in [-0.25, -0.2) is 10.6 Å². The summed E-state index contributed by atoms with van der Waals surface area (Å²) in [4.78, 5) is 11.4. The molecule has 0 unspecified atom stereocenters. The smallest absolute Gasteiger partial charge is 0.331 e. The summed E-state index contributed by atoms with van der Waals surface area (Å²) in [5, 5.41) is 3.90. The van der Waals surface area contributed by atoms with E-state index < -0.39 is 10.1 Å². The van der Waals surface area contributed by atoms with Gasteiger partial charge in [0.2, 0.25) is 0 Å². The zero-order chi connectivity index (χ0) is 15.6. The Balaban J connectivity index is 0.000000621. The van der Waals surface area contributed by atoms with Crippen LogP contribution in [-0.2, 0) is 16.7 Å². The van der Waals surface area contributed by atoms with Crippen LogP contribution in [0.5, 0.6) is 0 Å². The van der Waals surface area contributed by atoms with E-state index in [1.54, 1.807) is 0 Å². The number of hydrogen-bond acceptors (Lipinski definition) is 4. The number of urea groups is 1. The summed E-state index contributed by atoms with van der Waals surface area (Å²) >= 11 is 0. The van der Waals surface area contributed by atoms with Crippen LogP contribution < -0.4 is 11.2 Å². The zero-order valence-electron chi connectivity index (χ0n) is 11.6. The topological polar surface area (TPSA) is 113 Å². The maximum atomic E-state index is 11.4. The molecule has 1 rings (SSSR count). The van der Waals surface area contributed by atoms with Crippen molar-refractivity contribution in [1.29, 1.82) is 0 Å². The molecule has 0 radical (unpaired) electrons. The van der Waals surface area contributed by atoms with Crippen LogP contribution in [0.3, 0.4) is 0 Å². The number of nitrogens with two attached hydrogens (primary N) is 1. The first-order valence-electron chi connectivity index (χ1n) is 6.00. The highest BCUT2D eigenvalue weighted by atomic mass is 32.2. The molecule has 0 atom stereocenters. The van der Waals surface area contributed by atoms with E-state index in [0.29, 0.717) is 19.3 Å². The zero-order valence-corrected chi connectivity index (χ0v) is 12.4. The van der Waals surface area contributed by atoms with Crippen LogP contribution in [-0.4, -0.2) is 36.8 Å². The summed E-state index contributed by atoms with van der Waals surface area (Å²) in [6.07, 6.45) is 1.62. The number of carbonyl (C=O) groups is 1. The third-order valence-electron chi connectivity index (χ3n) is 1.98. The molecule has 0 aromatic heterocycles. The molecule has 0 aliphatic carbocycles. The van der Waals surface area contributed by atoms with E-state index in [1.807, 2.05) is 37.3 Å². The molecule has 0 saturated heterocycles. The van der Waals surface area contributed by atoms with Gasteiger partial charge >= 0.3 is 6.03 Å². The highest BCUT2D eigenvalue weighted by molar-refractivity contribution is 7.85. The van der Waals surface area contributed by atoms with Crippen molar-refractivity contribution in [1.82, 2.24) is 10.3 Å². The molecule has 0 bridgehead atoms. The molecule has 20 heavy (non-hydrogen) atoms. The monoisotopic (exact) mass is 303 g/mol. The Morgan fingerprint density at radius 1 is 1.35 bits per heavy atom. The maximum Gasteiger partial charge on any atom is 0.331 e. The van der Waals surface area contributed by atoms with Crippen LogP contribution in [0.25, 0.3) is 0 Å². The lowest BCUT2D eigenvalue weighted by molar-refractivity contribution is 0.196. The number of hydrazine groups is 1. The van der Waals surface area contributed by atoms with Gasteiger partial charge in [0.15, 0.2) is 0 Å². The molecular formula is C12H21N3O4S. The molecule has 1 aromatic rings. The van der Waals surface area contributed by atoms with Gasteiger partial charge in [0.25, 0.3) is 10.1 Å². The Kier molecular flexibility index (Phi) is 8.53. The Bertz CT molecular complexity index is 483. The van der Waals surface area contributed by atoms with Crippen LogP contribution >= 0.6 is 0 Å². The van der Waals surface area contributed by atoms with Crippen molar-refractivity contribution < 1.29 is 17.8 Å². The fourth-order valence-electron chi connectivity index (χ4n) is 1.19. The fraction of sp³-hybridized carbons (Fsp3) is 0.417. The van der Waals surface area contributed by atoms with Crippen molar-refractivity contribution in [2.45, 2.75) is 19.9 Å². The van der Waals surface area contributed by atoms with Gasteiger partial charge < -0.3 is 5.32 Å². The Hall–Kier alpha value is -1.64. The Morgan fingerprint density at radius 2 is 1.85 bits per heavy atom. The lowest BCUT2D eigenvalue weighted by atomic mass is 10.2. The molecule has 0 spiro atoms. The van der Waals surface area contributed by atoms with Gasteiger partial charge in [0.1, 0.15) is 0 Å². The van der Waals surface area contributed by atoms with Crippen LogP contribution in [0.15, 0.2) is 30.3 Å². The van der Waals surface area contributed by atoms with E-state index in [4.69, 9.17) is 10.4 Å². The highest BCUT2D eigenvalue weighted by Gasteiger charge is 2.07. The van der Waals surface area contributed by atoms with E-state index >= 15 is 0 Å². The molecule has 7 nitrogen and oxygen atoms in total. The average Bonchev–Trinajstić information content (AvgIpc) is 2.35. The molecule has 2 amide bonds. The minimum atomic E-state index is -3.67. The van der Waals surface area contributed by atoms with Gasteiger partial charge in [0, 0.05) is 6.54 Å². The van der Waals surface area contributed by atoms with Gasteiger partial charge in [-0.15, -0.1) is 0 Å². The summed E-state index contributed by atoms with van der Waals surface area (Å²) in [5.74, 6) is 5.61. The molecule has 114 valence electrons. The molecule has 0 aliphatic rings. The molecule has 0 saturated carbocycles. The van der Waals surface area contributed by atoms with Crippen molar-refractivity contribution >= 4 is 16.1 Å². The van der Waals surface area contributed by atoms with Gasteiger partial charge in [-0.1, -0.05) is 37.3 Å². The van der Waals surface area contributed by atoms with Gasteiger partial charge in [0.05, 0.1) is 12.8 Å². The summed E-state index contributed by atoms with van der Waals surface area (Å²) < 4.78 is 25.9. The van der Waals surface area contributed by atoms with Gasteiger partial charge in [-0.2, -0.15) is 8.42 Å². The van der Waals surface area contributed by atoms with Crippen LogP contribution in [0.1, 0.15) is 18.9 Å². The second-order valence-corrected chi connectivity index (χ2v) is 5.54. The fourth-order valence-corrected chi connectivity index (χ4v) is 1.19. The number of carbonyl (C=O) groups excluding carboxylic acids is 1. The number of rotatable bonds is 4. The lowest BCUT2D eigenvalue weighted by Crippen LogP contribution is -2.44. The predicted molar refractivity (Wildman–Crippen MR) is 77.3 cm³/mol. The summed E-state index contributed by atoms with van der Waals surface area (Å²) in [6.45, 7) is 3.08. The first-order chi connectivity index (χ1) is 9.24. The van der Waals surface area contributed by atoms with Crippen molar-refractivity contribution in [2.24, 2.45) is 5.84 Å². The minimum Gasteiger partial charge on any atom is -0.337 e. The lowest BCUT2D eigenvalue weighted by Gasteiger charge is -2.17. The second kappa shape index (κ2) is 9.29. The van der Waals surface area contributed by atoms with Crippen LogP contribution in [0.2, 0.25) is 0 Å². The van der Waals surface area contributed by atoms with Crippen molar-refractivity contribution in [2.75, 3.05) is 12.8 Å². The average molecular weight is 303 g/mol. The quantitative estimate of drug-likeness (QED) is 0.332. The predicted octanol–water partition coefficient (Wildman–Crippen LogP) is 0.986.